The molecule has 0 aliphatic heterocycles. The average Bonchev–Trinajstić information content (AvgIpc) is 3.28. The van der Waals surface area contributed by atoms with E-state index in [9.17, 15) is 13.2 Å². The zero-order chi connectivity index (χ0) is 25.0. The molecule has 0 aliphatic rings. The average molecular weight is 582 g/mol. The number of hydrogen-bond donors (Lipinski definition) is 5. The maximum absolute atomic E-state index is 13.4. The van der Waals surface area contributed by atoms with Gasteiger partial charge in [-0.15, -0.1) is 36.2 Å². The van der Waals surface area contributed by atoms with Crippen molar-refractivity contribution in [2.24, 2.45) is 11.5 Å². The summed E-state index contributed by atoms with van der Waals surface area (Å²) >= 11 is 1.41. The van der Waals surface area contributed by atoms with Crippen LogP contribution in [0.5, 0.6) is 0 Å². The Balaban J connectivity index is 0.00000241. The lowest BCUT2D eigenvalue weighted by atomic mass is 10.0. The van der Waals surface area contributed by atoms with Gasteiger partial charge < -0.3 is 16.8 Å². The molecule has 7 N–H and O–H groups in total. The van der Waals surface area contributed by atoms with Crippen molar-refractivity contribution in [3.05, 3.63) is 88.9 Å². The monoisotopic (exact) mass is 580 g/mol. The van der Waals surface area contributed by atoms with Crippen LogP contribution in [0.4, 0.5) is 5.69 Å². The lowest BCUT2D eigenvalue weighted by Gasteiger charge is -2.18. The van der Waals surface area contributed by atoms with Crippen molar-refractivity contribution < 1.29 is 13.2 Å². The molecule has 1 aromatic heterocycles. The van der Waals surface area contributed by atoms with E-state index in [0.717, 1.165) is 15.8 Å². The van der Waals surface area contributed by atoms with E-state index in [1.54, 1.807) is 30.3 Å². The summed E-state index contributed by atoms with van der Waals surface area (Å²) in [6, 6.07) is 20.0. The number of carbonyl (C=O) groups is 1. The number of para-hydroxylation sites is 1. The van der Waals surface area contributed by atoms with Crippen molar-refractivity contribution in [2.75, 3.05) is 11.9 Å². The molecule has 0 radical (unpaired) electrons. The highest BCUT2D eigenvalue weighted by atomic mass is 35.5. The zero-order valence-electron chi connectivity index (χ0n) is 19.4. The van der Waals surface area contributed by atoms with Crippen LogP contribution in [-0.2, 0) is 21.2 Å². The predicted octanol–water partition coefficient (Wildman–Crippen LogP) is 3.58. The van der Waals surface area contributed by atoms with Crippen LogP contribution in [0.2, 0.25) is 0 Å². The van der Waals surface area contributed by atoms with Gasteiger partial charge in [-0.1, -0.05) is 36.4 Å². The Morgan fingerprint density at radius 2 is 1.76 bits per heavy atom. The van der Waals surface area contributed by atoms with Gasteiger partial charge in [0.25, 0.3) is 0 Å². The second-order valence-corrected chi connectivity index (χ2v) is 10.6. The van der Waals surface area contributed by atoms with Crippen LogP contribution in [0.15, 0.2) is 77.7 Å². The molecule has 4 rings (SSSR count). The molecule has 37 heavy (non-hydrogen) atoms. The van der Waals surface area contributed by atoms with Crippen LogP contribution in [0.1, 0.15) is 22.2 Å². The largest absolute Gasteiger partial charge is 0.384 e. The minimum Gasteiger partial charge on any atom is -0.384 e. The van der Waals surface area contributed by atoms with Crippen molar-refractivity contribution >= 4 is 73.8 Å². The predicted molar refractivity (Wildman–Crippen MR) is 152 cm³/mol. The molecule has 1 unspecified atom stereocenters. The summed E-state index contributed by atoms with van der Waals surface area (Å²) in [5, 5.41) is 10.9. The molecule has 196 valence electrons. The van der Waals surface area contributed by atoms with Crippen molar-refractivity contribution in [1.29, 1.82) is 5.41 Å². The maximum atomic E-state index is 13.4. The van der Waals surface area contributed by atoms with Crippen LogP contribution < -0.4 is 21.5 Å². The lowest BCUT2D eigenvalue weighted by molar-refractivity contribution is -0.114. The first kappa shape index (κ1) is 30.2. The lowest BCUT2D eigenvalue weighted by Crippen LogP contribution is -2.30. The highest BCUT2D eigenvalue weighted by Crippen LogP contribution is 2.30. The number of nitrogens with two attached hydrogens (primary N) is 2. The Morgan fingerprint density at radius 1 is 1.03 bits per heavy atom. The quantitative estimate of drug-likeness (QED) is 0.150. The van der Waals surface area contributed by atoms with Gasteiger partial charge in [-0.2, -0.15) is 0 Å². The van der Waals surface area contributed by atoms with E-state index in [0.29, 0.717) is 22.7 Å². The second-order valence-electron chi connectivity index (χ2n) is 7.79. The van der Waals surface area contributed by atoms with Gasteiger partial charge >= 0.3 is 0 Å². The van der Waals surface area contributed by atoms with Gasteiger partial charge in [0.2, 0.25) is 15.9 Å². The van der Waals surface area contributed by atoms with E-state index < -0.39 is 22.0 Å². The molecule has 0 saturated heterocycles. The number of thiazole rings is 1. The number of anilines is 1. The molecule has 4 aromatic rings. The minimum absolute atomic E-state index is 0. The highest BCUT2D eigenvalue weighted by molar-refractivity contribution is 7.89. The molecule has 9 nitrogen and oxygen atoms in total. The Kier molecular flexibility index (Phi) is 10.6. The number of nitrogens with one attached hydrogen (secondary N) is 3. The number of aromatic nitrogens is 1. The summed E-state index contributed by atoms with van der Waals surface area (Å²) in [5.74, 6) is -0.495. The van der Waals surface area contributed by atoms with Crippen molar-refractivity contribution in [2.45, 2.75) is 17.4 Å². The fraction of sp³-hybridized carbons (Fsp3) is 0.125. The van der Waals surface area contributed by atoms with Gasteiger partial charge in [-0.3, -0.25) is 10.2 Å². The number of nitrogens with zero attached hydrogens (tertiary/aromatic N) is 1. The first-order chi connectivity index (χ1) is 16.7. The fourth-order valence-corrected chi connectivity index (χ4v) is 5.87. The van der Waals surface area contributed by atoms with E-state index in [2.05, 4.69) is 15.0 Å². The van der Waals surface area contributed by atoms with Crippen LogP contribution in [0.25, 0.3) is 10.2 Å². The number of sulfonamides is 1. The highest BCUT2D eigenvalue weighted by Gasteiger charge is 2.25. The van der Waals surface area contributed by atoms with Gasteiger partial charge in [0, 0.05) is 11.3 Å². The molecule has 1 heterocycles. The van der Waals surface area contributed by atoms with E-state index in [4.69, 9.17) is 16.9 Å². The van der Waals surface area contributed by atoms with Gasteiger partial charge in [-0.05, 0) is 48.4 Å². The summed E-state index contributed by atoms with van der Waals surface area (Å²) in [4.78, 5) is 16.3. The third-order valence-electron chi connectivity index (χ3n) is 5.20. The zero-order valence-corrected chi connectivity index (χ0v) is 22.6. The van der Waals surface area contributed by atoms with E-state index in [1.807, 2.05) is 30.3 Å². The maximum Gasteiger partial charge on any atom is 0.241 e. The Labute approximate surface area is 231 Å². The number of hydrogen-bond acceptors (Lipinski definition) is 7. The van der Waals surface area contributed by atoms with Crippen LogP contribution >= 0.6 is 36.2 Å². The Morgan fingerprint density at radius 3 is 2.46 bits per heavy atom. The molecule has 0 bridgehead atoms. The summed E-state index contributed by atoms with van der Waals surface area (Å²) < 4.78 is 30.5. The van der Waals surface area contributed by atoms with Crippen molar-refractivity contribution in [3.8, 4) is 0 Å². The summed E-state index contributed by atoms with van der Waals surface area (Å²) in [6.07, 6.45) is 0.295. The third-order valence-corrected chi connectivity index (χ3v) is 7.82. The molecule has 1 atom stereocenters. The van der Waals surface area contributed by atoms with Crippen molar-refractivity contribution in [1.82, 2.24) is 9.71 Å². The fourth-order valence-electron chi connectivity index (χ4n) is 3.53. The normalized spacial score (nSPS) is 11.7. The molecule has 0 spiro atoms. The number of halogens is 2. The first-order valence-corrected chi connectivity index (χ1v) is 13.0. The SMILES string of the molecule is Cl.Cl.N=C(N)c1cccc(CC(NS(=O)(=O)c2cccc(NC(=O)CN)c2)c2nc3ccccc3s2)c1. The Hall–Kier alpha value is -3.06. The molecular weight excluding hydrogens is 555 g/mol. The van der Waals surface area contributed by atoms with Gasteiger partial charge in [0.1, 0.15) is 10.8 Å². The molecule has 1 amide bonds. The minimum atomic E-state index is -3.99. The molecular formula is C24H26Cl2N6O3S2. The van der Waals surface area contributed by atoms with E-state index >= 15 is 0 Å². The standard InChI is InChI=1S/C24H24N6O3S2.2ClH/c25-14-22(31)28-17-7-4-8-18(13-17)35(32,33)30-20(12-15-5-3-6-16(11-15)23(26)27)24-29-19-9-1-2-10-21(19)34-24;;/h1-11,13,20,30H,12,14,25H2,(H3,26,27)(H,28,31);2*1H. The first-order valence-electron chi connectivity index (χ1n) is 10.7. The summed E-state index contributed by atoms with van der Waals surface area (Å²) in [7, 11) is -3.99. The molecule has 0 aliphatic carbocycles. The van der Waals surface area contributed by atoms with Crippen LogP contribution in [-0.4, -0.2) is 31.7 Å². The van der Waals surface area contributed by atoms with Crippen molar-refractivity contribution in [3.63, 3.8) is 0 Å². The van der Waals surface area contributed by atoms with Gasteiger partial charge in [0.15, 0.2) is 0 Å². The van der Waals surface area contributed by atoms with E-state index in [1.165, 1.54) is 23.5 Å². The molecule has 0 fully saturated rings. The molecule has 3 aromatic carbocycles. The number of amides is 1. The molecule has 0 saturated carbocycles. The number of benzene rings is 3. The van der Waals surface area contributed by atoms with Crippen LogP contribution in [0, 0.1) is 5.41 Å². The number of nitrogen functional groups attached to an aromatic ring is 1. The van der Waals surface area contributed by atoms with Crippen LogP contribution in [0.3, 0.4) is 0 Å². The van der Waals surface area contributed by atoms with Gasteiger partial charge in [-0.25, -0.2) is 18.1 Å². The number of carbonyl (C=O) groups excluding carboxylic acids is 1. The summed E-state index contributed by atoms with van der Waals surface area (Å²) in [6.45, 7) is -0.214. The number of amidine groups is 1. The Bertz CT molecular complexity index is 1480. The third kappa shape index (κ3) is 7.48. The smallest absolute Gasteiger partial charge is 0.241 e. The van der Waals surface area contributed by atoms with Gasteiger partial charge in [0.05, 0.1) is 27.7 Å². The summed E-state index contributed by atoms with van der Waals surface area (Å²) in [5.41, 5.74) is 13.4. The number of fused-ring (bicyclic) bond motifs is 1. The molecule has 13 heteroatoms. The van der Waals surface area contributed by atoms with E-state index in [-0.39, 0.29) is 42.1 Å². The second kappa shape index (κ2) is 13.0. The number of rotatable bonds is 9. The topological polar surface area (TPSA) is 164 Å².